The summed E-state index contributed by atoms with van der Waals surface area (Å²) in [6.45, 7) is 5.71. The third-order valence-electron chi connectivity index (χ3n) is 2.94. The number of methoxy groups -OCH3 is 1. The van der Waals surface area contributed by atoms with Crippen molar-refractivity contribution in [1.82, 2.24) is 10.2 Å². The molecule has 5 heteroatoms. The molecule has 0 heterocycles. The van der Waals surface area contributed by atoms with Gasteiger partial charge in [0.2, 0.25) is 0 Å². The Labute approximate surface area is 121 Å². The molecule has 20 heavy (non-hydrogen) atoms. The molecule has 0 spiro atoms. The lowest BCUT2D eigenvalue weighted by Crippen LogP contribution is -2.40. The molecule has 0 aliphatic rings. The number of hydrogen-bond acceptors (Lipinski definition) is 4. The average molecular weight is 279 g/mol. The van der Waals surface area contributed by atoms with Crippen LogP contribution >= 0.6 is 0 Å². The average Bonchev–Trinajstić information content (AvgIpc) is 2.34. The quantitative estimate of drug-likeness (QED) is 0.776. The first-order chi connectivity index (χ1) is 9.25. The molecule has 112 valence electrons. The zero-order chi connectivity index (χ0) is 15.3. The SMILES string of the molecule is COc1ccc(N)cc1C(=O)NCC(C)(C)CN(C)C. The van der Waals surface area contributed by atoms with Crippen molar-refractivity contribution in [3.05, 3.63) is 23.8 Å². The summed E-state index contributed by atoms with van der Waals surface area (Å²) in [4.78, 5) is 14.4. The third-order valence-corrected chi connectivity index (χ3v) is 2.94. The lowest BCUT2D eigenvalue weighted by molar-refractivity contribution is 0.0926. The number of carbonyl (C=O) groups excluding carboxylic acids is 1. The van der Waals surface area contributed by atoms with Crippen molar-refractivity contribution < 1.29 is 9.53 Å². The van der Waals surface area contributed by atoms with Crippen molar-refractivity contribution in [3.63, 3.8) is 0 Å². The molecule has 0 aliphatic heterocycles. The van der Waals surface area contributed by atoms with Gasteiger partial charge in [-0.1, -0.05) is 13.8 Å². The number of nitrogens with zero attached hydrogens (tertiary/aromatic N) is 1. The Morgan fingerprint density at radius 1 is 1.40 bits per heavy atom. The van der Waals surface area contributed by atoms with E-state index in [1.807, 2.05) is 14.1 Å². The molecule has 1 rings (SSSR count). The van der Waals surface area contributed by atoms with Gasteiger partial charge in [0.1, 0.15) is 5.75 Å². The lowest BCUT2D eigenvalue weighted by Gasteiger charge is -2.28. The Morgan fingerprint density at radius 2 is 2.05 bits per heavy atom. The second kappa shape index (κ2) is 6.61. The molecule has 5 nitrogen and oxygen atoms in total. The van der Waals surface area contributed by atoms with Crippen molar-refractivity contribution >= 4 is 11.6 Å². The first-order valence-corrected chi connectivity index (χ1v) is 6.61. The molecule has 0 saturated heterocycles. The van der Waals surface area contributed by atoms with Crippen LogP contribution in [0.3, 0.4) is 0 Å². The first kappa shape index (κ1) is 16.3. The van der Waals surface area contributed by atoms with E-state index in [-0.39, 0.29) is 11.3 Å². The highest BCUT2D eigenvalue weighted by Gasteiger charge is 2.21. The fourth-order valence-electron chi connectivity index (χ4n) is 2.23. The summed E-state index contributed by atoms with van der Waals surface area (Å²) in [5.41, 5.74) is 6.73. The predicted octanol–water partition coefficient (Wildman–Crippen LogP) is 1.59. The van der Waals surface area contributed by atoms with E-state index in [1.165, 1.54) is 7.11 Å². The highest BCUT2D eigenvalue weighted by molar-refractivity contribution is 5.97. The van der Waals surface area contributed by atoms with Crippen molar-refractivity contribution in [2.75, 3.05) is 40.0 Å². The topological polar surface area (TPSA) is 67.6 Å². The number of nitrogen functional groups attached to an aromatic ring is 1. The van der Waals surface area contributed by atoms with Gasteiger partial charge in [0.25, 0.3) is 5.91 Å². The number of anilines is 1. The van der Waals surface area contributed by atoms with Gasteiger partial charge in [0.15, 0.2) is 0 Å². The van der Waals surface area contributed by atoms with Crippen molar-refractivity contribution in [2.24, 2.45) is 5.41 Å². The molecule has 0 unspecified atom stereocenters. The van der Waals surface area contributed by atoms with Crippen LogP contribution in [0.4, 0.5) is 5.69 Å². The van der Waals surface area contributed by atoms with Crippen LogP contribution in [0.15, 0.2) is 18.2 Å². The molecule has 0 aromatic heterocycles. The Bertz CT molecular complexity index is 470. The van der Waals surface area contributed by atoms with Crippen LogP contribution in [0.1, 0.15) is 24.2 Å². The highest BCUT2D eigenvalue weighted by atomic mass is 16.5. The second-order valence-electron chi connectivity index (χ2n) is 6.04. The molecule has 0 aliphatic carbocycles. The molecule has 1 aromatic carbocycles. The molecule has 3 N–H and O–H groups in total. The lowest BCUT2D eigenvalue weighted by atomic mass is 9.93. The molecule has 0 fully saturated rings. The third kappa shape index (κ3) is 4.74. The number of rotatable bonds is 6. The Hall–Kier alpha value is -1.75. The number of nitrogens with one attached hydrogen (secondary N) is 1. The van der Waals surface area contributed by atoms with E-state index in [0.29, 0.717) is 23.5 Å². The summed E-state index contributed by atoms with van der Waals surface area (Å²) in [5.74, 6) is 0.364. The van der Waals surface area contributed by atoms with Crippen LogP contribution in [0.25, 0.3) is 0 Å². The summed E-state index contributed by atoms with van der Waals surface area (Å²) in [6, 6.07) is 5.05. The minimum absolute atomic E-state index is 0.00722. The predicted molar refractivity (Wildman–Crippen MR) is 82.1 cm³/mol. The number of ether oxygens (including phenoxy) is 1. The van der Waals surface area contributed by atoms with E-state index < -0.39 is 0 Å². The van der Waals surface area contributed by atoms with Gasteiger partial charge in [-0.3, -0.25) is 4.79 Å². The van der Waals surface area contributed by atoms with Gasteiger partial charge >= 0.3 is 0 Å². The molecule has 0 atom stereocenters. The largest absolute Gasteiger partial charge is 0.496 e. The van der Waals surface area contributed by atoms with Crippen LogP contribution < -0.4 is 15.8 Å². The second-order valence-corrected chi connectivity index (χ2v) is 6.04. The Balaban J connectivity index is 2.74. The normalized spacial score (nSPS) is 11.5. The standard InChI is InChI=1S/C15H25N3O2/c1-15(2,10-18(3)4)9-17-14(19)12-8-11(16)6-7-13(12)20-5/h6-8H,9-10,16H2,1-5H3,(H,17,19). The minimum Gasteiger partial charge on any atom is -0.496 e. The van der Waals surface area contributed by atoms with Gasteiger partial charge in [0, 0.05) is 18.8 Å². The van der Waals surface area contributed by atoms with Crippen LogP contribution in [0.2, 0.25) is 0 Å². The summed E-state index contributed by atoms with van der Waals surface area (Å²) in [7, 11) is 5.58. The Morgan fingerprint density at radius 3 is 2.60 bits per heavy atom. The number of amides is 1. The maximum atomic E-state index is 12.2. The molecule has 0 radical (unpaired) electrons. The molecule has 1 aromatic rings. The number of benzene rings is 1. The fourth-order valence-corrected chi connectivity index (χ4v) is 2.23. The van der Waals surface area contributed by atoms with Gasteiger partial charge in [0.05, 0.1) is 12.7 Å². The van der Waals surface area contributed by atoms with Crippen molar-refractivity contribution in [1.29, 1.82) is 0 Å². The fraction of sp³-hybridized carbons (Fsp3) is 0.533. The summed E-state index contributed by atoms with van der Waals surface area (Å²) in [6.07, 6.45) is 0. The monoisotopic (exact) mass is 279 g/mol. The van der Waals surface area contributed by atoms with E-state index >= 15 is 0 Å². The van der Waals surface area contributed by atoms with Crippen molar-refractivity contribution in [3.8, 4) is 5.75 Å². The van der Waals surface area contributed by atoms with E-state index in [2.05, 4.69) is 24.1 Å². The Kier molecular flexibility index (Phi) is 5.39. The highest BCUT2D eigenvalue weighted by Crippen LogP contribution is 2.21. The van der Waals surface area contributed by atoms with E-state index in [1.54, 1.807) is 18.2 Å². The maximum absolute atomic E-state index is 12.2. The van der Waals surface area contributed by atoms with Gasteiger partial charge in [-0.15, -0.1) is 0 Å². The molecule has 0 bridgehead atoms. The molecule has 1 amide bonds. The van der Waals surface area contributed by atoms with Crippen LogP contribution in [-0.2, 0) is 0 Å². The van der Waals surface area contributed by atoms with Crippen LogP contribution in [-0.4, -0.2) is 45.1 Å². The van der Waals surface area contributed by atoms with Gasteiger partial charge in [-0.25, -0.2) is 0 Å². The molecule has 0 saturated carbocycles. The maximum Gasteiger partial charge on any atom is 0.255 e. The van der Waals surface area contributed by atoms with Gasteiger partial charge in [-0.2, -0.15) is 0 Å². The van der Waals surface area contributed by atoms with Crippen molar-refractivity contribution in [2.45, 2.75) is 13.8 Å². The minimum atomic E-state index is -0.166. The van der Waals surface area contributed by atoms with Gasteiger partial charge < -0.3 is 20.7 Å². The summed E-state index contributed by atoms with van der Waals surface area (Å²) < 4.78 is 5.19. The summed E-state index contributed by atoms with van der Waals surface area (Å²) >= 11 is 0. The number of nitrogens with two attached hydrogens (primary N) is 1. The van der Waals surface area contributed by atoms with Crippen LogP contribution in [0, 0.1) is 5.41 Å². The number of carbonyl (C=O) groups is 1. The number of hydrogen-bond donors (Lipinski definition) is 2. The zero-order valence-corrected chi connectivity index (χ0v) is 13.0. The van der Waals surface area contributed by atoms with E-state index in [4.69, 9.17) is 10.5 Å². The van der Waals surface area contributed by atoms with E-state index in [9.17, 15) is 4.79 Å². The first-order valence-electron chi connectivity index (χ1n) is 6.61. The smallest absolute Gasteiger partial charge is 0.255 e. The zero-order valence-electron chi connectivity index (χ0n) is 13.0. The van der Waals surface area contributed by atoms with Crippen LogP contribution in [0.5, 0.6) is 5.75 Å². The summed E-state index contributed by atoms with van der Waals surface area (Å²) in [5, 5.41) is 2.95. The molecular formula is C15H25N3O2. The molecular weight excluding hydrogens is 254 g/mol. The van der Waals surface area contributed by atoms with E-state index in [0.717, 1.165) is 6.54 Å². The van der Waals surface area contributed by atoms with Gasteiger partial charge in [-0.05, 0) is 37.7 Å².